The van der Waals surface area contributed by atoms with Crippen LogP contribution in [0.25, 0.3) is 0 Å². The van der Waals surface area contributed by atoms with E-state index in [-0.39, 0.29) is 0 Å². The van der Waals surface area contributed by atoms with Crippen molar-refractivity contribution < 1.29 is 4.74 Å². The number of nitrogens with zero attached hydrogens (tertiary/aromatic N) is 1. The van der Waals surface area contributed by atoms with Gasteiger partial charge in [0, 0.05) is 28.7 Å². The van der Waals surface area contributed by atoms with Gasteiger partial charge in [-0.2, -0.15) is 0 Å². The molecule has 0 aliphatic carbocycles. The molecule has 0 bridgehead atoms. The Morgan fingerprint density at radius 2 is 2.35 bits per heavy atom. The Morgan fingerprint density at radius 3 is 3.06 bits per heavy atom. The van der Waals surface area contributed by atoms with Crippen LogP contribution in [0, 0.1) is 0 Å². The van der Waals surface area contributed by atoms with Gasteiger partial charge in [0.25, 0.3) is 0 Å². The number of aromatic nitrogens is 1. The molecule has 1 N–H and O–H groups in total. The van der Waals surface area contributed by atoms with Crippen molar-refractivity contribution in [2.75, 3.05) is 11.9 Å². The zero-order valence-corrected chi connectivity index (χ0v) is 11.0. The molecular weight excluding hydrogens is 256 g/mol. The molecule has 2 aromatic rings. The van der Waals surface area contributed by atoms with Gasteiger partial charge >= 0.3 is 0 Å². The fourth-order valence-electron chi connectivity index (χ4n) is 1.46. The molecule has 1 aromatic heterocycles. The number of anilines is 1. The minimum atomic E-state index is 0.645. The lowest BCUT2D eigenvalue weighted by atomic mass is 10.2. The third kappa shape index (κ3) is 3.35. The maximum Gasteiger partial charge on any atom is 0.182 e. The van der Waals surface area contributed by atoms with Crippen LogP contribution in [0.4, 0.5) is 5.13 Å². The average molecular weight is 269 g/mol. The second-order valence-corrected chi connectivity index (χ2v) is 4.71. The summed E-state index contributed by atoms with van der Waals surface area (Å²) in [5, 5.41) is 6.78. The number of thiazole rings is 1. The zero-order valence-electron chi connectivity index (χ0n) is 9.44. The summed E-state index contributed by atoms with van der Waals surface area (Å²) < 4.78 is 5.55. The van der Waals surface area contributed by atoms with Crippen molar-refractivity contribution in [2.45, 2.75) is 13.5 Å². The topological polar surface area (TPSA) is 34.1 Å². The lowest BCUT2D eigenvalue weighted by Crippen LogP contribution is -2.03. The Morgan fingerprint density at radius 1 is 1.47 bits per heavy atom. The number of hydrogen-bond acceptors (Lipinski definition) is 4. The van der Waals surface area contributed by atoms with Crippen LogP contribution in [0.15, 0.2) is 29.8 Å². The van der Waals surface area contributed by atoms with Gasteiger partial charge in [-0.1, -0.05) is 11.6 Å². The highest BCUT2D eigenvalue weighted by Gasteiger charge is 2.05. The van der Waals surface area contributed by atoms with Crippen LogP contribution in [0.2, 0.25) is 5.02 Å². The van der Waals surface area contributed by atoms with Gasteiger partial charge in [0.1, 0.15) is 5.75 Å². The first-order valence-corrected chi connectivity index (χ1v) is 6.60. The van der Waals surface area contributed by atoms with Crippen LogP contribution in [0.5, 0.6) is 5.75 Å². The summed E-state index contributed by atoms with van der Waals surface area (Å²) in [6.07, 6.45) is 1.77. The average Bonchev–Trinajstić information content (AvgIpc) is 2.82. The number of ether oxygens (including phenoxy) is 1. The Hall–Kier alpha value is -1.26. The van der Waals surface area contributed by atoms with E-state index >= 15 is 0 Å². The van der Waals surface area contributed by atoms with Crippen LogP contribution in [0.1, 0.15) is 12.5 Å². The van der Waals surface area contributed by atoms with Gasteiger partial charge in [-0.15, -0.1) is 11.3 Å². The van der Waals surface area contributed by atoms with Crippen LogP contribution >= 0.6 is 22.9 Å². The van der Waals surface area contributed by atoms with Gasteiger partial charge < -0.3 is 10.1 Å². The van der Waals surface area contributed by atoms with Crippen molar-refractivity contribution in [3.63, 3.8) is 0 Å². The quantitative estimate of drug-likeness (QED) is 0.895. The van der Waals surface area contributed by atoms with E-state index in [9.17, 15) is 0 Å². The van der Waals surface area contributed by atoms with E-state index in [1.807, 2.05) is 30.5 Å². The van der Waals surface area contributed by atoms with E-state index in [2.05, 4.69) is 10.3 Å². The third-order valence-corrected chi connectivity index (χ3v) is 3.15. The molecule has 0 saturated heterocycles. The molecular formula is C12H13ClN2OS. The summed E-state index contributed by atoms with van der Waals surface area (Å²) in [7, 11) is 0. The van der Waals surface area contributed by atoms with E-state index in [1.54, 1.807) is 17.5 Å². The van der Waals surface area contributed by atoms with Crippen LogP contribution in [-0.2, 0) is 6.54 Å². The minimum Gasteiger partial charge on any atom is -0.494 e. The van der Waals surface area contributed by atoms with Crippen LogP contribution < -0.4 is 10.1 Å². The maximum atomic E-state index is 5.98. The molecule has 0 saturated carbocycles. The van der Waals surface area contributed by atoms with Crippen molar-refractivity contribution in [3.8, 4) is 5.75 Å². The molecule has 2 rings (SSSR count). The predicted octanol–water partition coefficient (Wildman–Crippen LogP) is 3.81. The molecule has 0 atom stereocenters. The minimum absolute atomic E-state index is 0.645. The lowest BCUT2D eigenvalue weighted by molar-refractivity contribution is 0.337. The van der Waals surface area contributed by atoms with Gasteiger partial charge in [-0.05, 0) is 25.1 Å². The first-order chi connectivity index (χ1) is 8.29. The van der Waals surface area contributed by atoms with Crippen LogP contribution in [0.3, 0.4) is 0 Å². The van der Waals surface area contributed by atoms with Crippen molar-refractivity contribution in [2.24, 2.45) is 0 Å². The first kappa shape index (κ1) is 12.2. The van der Waals surface area contributed by atoms with Gasteiger partial charge in [0.15, 0.2) is 5.13 Å². The van der Waals surface area contributed by atoms with Gasteiger partial charge in [0.05, 0.1) is 6.61 Å². The normalized spacial score (nSPS) is 10.2. The number of rotatable bonds is 5. The summed E-state index contributed by atoms with van der Waals surface area (Å²) in [5.41, 5.74) is 1.04. The molecule has 0 fully saturated rings. The van der Waals surface area contributed by atoms with Gasteiger partial charge in [0.2, 0.25) is 0 Å². The molecule has 0 aliphatic heterocycles. The van der Waals surface area contributed by atoms with Crippen molar-refractivity contribution in [1.29, 1.82) is 0 Å². The first-order valence-electron chi connectivity index (χ1n) is 5.34. The molecule has 1 heterocycles. The highest BCUT2D eigenvalue weighted by Crippen LogP contribution is 2.24. The summed E-state index contributed by atoms with van der Waals surface area (Å²) >= 11 is 7.55. The highest BCUT2D eigenvalue weighted by molar-refractivity contribution is 7.13. The number of benzene rings is 1. The summed E-state index contributed by atoms with van der Waals surface area (Å²) in [5.74, 6) is 0.862. The number of hydrogen-bond donors (Lipinski definition) is 1. The molecule has 17 heavy (non-hydrogen) atoms. The molecule has 0 amide bonds. The molecule has 1 aromatic carbocycles. The number of nitrogens with one attached hydrogen (secondary N) is 1. The van der Waals surface area contributed by atoms with E-state index in [4.69, 9.17) is 16.3 Å². The fraction of sp³-hybridized carbons (Fsp3) is 0.250. The highest BCUT2D eigenvalue weighted by atomic mass is 35.5. The molecule has 0 aliphatic rings. The van der Waals surface area contributed by atoms with E-state index in [0.29, 0.717) is 18.2 Å². The van der Waals surface area contributed by atoms with Crippen molar-refractivity contribution in [3.05, 3.63) is 40.4 Å². The summed E-state index contributed by atoms with van der Waals surface area (Å²) in [6, 6.07) is 5.64. The Kier molecular flexibility index (Phi) is 4.23. The molecule has 0 unspecified atom stereocenters. The summed E-state index contributed by atoms with van der Waals surface area (Å²) in [4.78, 5) is 4.16. The zero-order chi connectivity index (χ0) is 12.1. The molecule has 3 nitrogen and oxygen atoms in total. The van der Waals surface area contributed by atoms with E-state index in [1.165, 1.54) is 0 Å². The smallest absolute Gasteiger partial charge is 0.182 e. The van der Waals surface area contributed by atoms with Gasteiger partial charge in [-0.25, -0.2) is 4.98 Å². The maximum absolute atomic E-state index is 5.98. The number of halogens is 1. The van der Waals surface area contributed by atoms with Crippen LogP contribution in [-0.4, -0.2) is 11.6 Å². The standard InChI is InChI=1S/C12H13ClN2OS/c1-2-16-11-4-3-10(13)7-9(11)8-15-12-14-5-6-17-12/h3-7H,2,8H2,1H3,(H,14,15). The molecule has 5 heteroatoms. The van der Waals surface area contributed by atoms with E-state index in [0.717, 1.165) is 16.4 Å². The van der Waals surface area contributed by atoms with E-state index < -0.39 is 0 Å². The second kappa shape index (κ2) is 5.89. The Bertz CT molecular complexity index is 473. The summed E-state index contributed by atoms with van der Waals surface area (Å²) in [6.45, 7) is 3.27. The third-order valence-electron chi connectivity index (χ3n) is 2.18. The SMILES string of the molecule is CCOc1ccc(Cl)cc1CNc1nccs1. The fourth-order valence-corrected chi connectivity index (χ4v) is 2.19. The largest absolute Gasteiger partial charge is 0.494 e. The Balaban J connectivity index is 2.10. The molecule has 90 valence electrons. The molecule has 0 radical (unpaired) electrons. The monoisotopic (exact) mass is 268 g/mol. The van der Waals surface area contributed by atoms with Crippen molar-refractivity contribution >= 4 is 28.1 Å². The predicted molar refractivity (Wildman–Crippen MR) is 72.1 cm³/mol. The molecule has 0 spiro atoms. The second-order valence-electron chi connectivity index (χ2n) is 3.38. The van der Waals surface area contributed by atoms with Crippen molar-refractivity contribution in [1.82, 2.24) is 4.98 Å². The lowest BCUT2D eigenvalue weighted by Gasteiger charge is -2.11. The van der Waals surface area contributed by atoms with Gasteiger partial charge in [-0.3, -0.25) is 0 Å². The Labute approximate surface area is 109 Å².